The average Bonchev–Trinajstić information content (AvgIpc) is 3.13. The summed E-state index contributed by atoms with van der Waals surface area (Å²) in [7, 11) is 0. The van der Waals surface area contributed by atoms with Gasteiger partial charge in [0.25, 0.3) is 0 Å². The fourth-order valence-corrected chi connectivity index (χ4v) is 4.97. The molecule has 0 aliphatic heterocycles. The van der Waals surface area contributed by atoms with Crippen LogP contribution in [0.2, 0.25) is 0 Å². The summed E-state index contributed by atoms with van der Waals surface area (Å²) in [6, 6.07) is 14.5. The van der Waals surface area contributed by atoms with E-state index in [1.807, 2.05) is 23.6 Å². The van der Waals surface area contributed by atoms with Gasteiger partial charge in [0.15, 0.2) is 0 Å². The van der Waals surface area contributed by atoms with Crippen molar-refractivity contribution in [2.75, 3.05) is 0 Å². The summed E-state index contributed by atoms with van der Waals surface area (Å²) in [5.74, 6) is 0.215. The second kappa shape index (κ2) is 7.85. The molecule has 1 atom stereocenters. The van der Waals surface area contributed by atoms with Gasteiger partial charge in [-0.15, -0.1) is 0 Å². The van der Waals surface area contributed by atoms with E-state index in [1.54, 1.807) is 6.07 Å². The van der Waals surface area contributed by atoms with E-state index in [0.29, 0.717) is 32.0 Å². The van der Waals surface area contributed by atoms with Crippen LogP contribution < -0.4 is 4.48 Å². The maximum absolute atomic E-state index is 13.3. The van der Waals surface area contributed by atoms with Crippen LogP contribution in [0.15, 0.2) is 46.8 Å². The molecule has 0 radical (unpaired) electrons. The van der Waals surface area contributed by atoms with Crippen molar-refractivity contribution in [3.63, 3.8) is 0 Å². The molecule has 1 unspecified atom stereocenters. The van der Waals surface area contributed by atoms with E-state index in [9.17, 15) is 14.9 Å². The molecule has 0 aliphatic rings. The number of aromatic nitrogens is 1. The van der Waals surface area contributed by atoms with Gasteiger partial charge in [-0.3, -0.25) is 0 Å². The summed E-state index contributed by atoms with van der Waals surface area (Å²) in [6.45, 7) is 0. The fraction of sp³-hybridized carbons (Fsp3) is 0.0556. The molecule has 3 nitrogen and oxygen atoms in total. The quantitative estimate of drug-likeness (QED) is 0.474. The molecule has 122 valence electrons. The summed E-state index contributed by atoms with van der Waals surface area (Å²) in [5.41, 5.74) is 2.33. The van der Waals surface area contributed by atoms with Crippen LogP contribution in [0.25, 0.3) is 10.4 Å². The third kappa shape index (κ3) is 3.78. The molecule has 1 aromatic carbocycles. The SMILES string of the molecule is N#Cc1c([AsH2])nc(SCc2cccc(F)c2)c(C#N)c1-c1cccs1. The van der Waals surface area contributed by atoms with Crippen molar-refractivity contribution in [1.29, 1.82) is 10.5 Å². The molecule has 0 saturated carbocycles. The summed E-state index contributed by atoms with van der Waals surface area (Å²) >= 11 is 4.12. The van der Waals surface area contributed by atoms with Gasteiger partial charge in [-0.1, -0.05) is 0 Å². The summed E-state index contributed by atoms with van der Waals surface area (Å²) in [6.07, 6.45) is 0. The van der Waals surface area contributed by atoms with E-state index >= 15 is 0 Å². The second-order valence-corrected chi connectivity index (χ2v) is 8.11. The number of thiophene rings is 1. The molecule has 0 fully saturated rings. The van der Waals surface area contributed by atoms with Crippen LogP contribution in [0.1, 0.15) is 16.7 Å². The molecule has 7 heteroatoms. The van der Waals surface area contributed by atoms with Crippen LogP contribution in [0.4, 0.5) is 4.39 Å². The zero-order valence-electron chi connectivity index (χ0n) is 12.9. The number of nitrogens with zero attached hydrogens (tertiary/aromatic N) is 3. The maximum atomic E-state index is 13.3. The molecule has 0 aliphatic carbocycles. The van der Waals surface area contributed by atoms with Crippen molar-refractivity contribution >= 4 is 44.4 Å². The summed E-state index contributed by atoms with van der Waals surface area (Å²) < 4.78 is 14.0. The van der Waals surface area contributed by atoms with Gasteiger partial charge in [-0.05, 0) is 0 Å². The van der Waals surface area contributed by atoms with Crippen molar-refractivity contribution in [1.82, 2.24) is 4.98 Å². The van der Waals surface area contributed by atoms with Gasteiger partial charge in [-0.25, -0.2) is 0 Å². The van der Waals surface area contributed by atoms with E-state index in [1.165, 1.54) is 52.1 Å². The van der Waals surface area contributed by atoms with Crippen molar-refractivity contribution < 1.29 is 4.39 Å². The number of hydrogen-bond donors (Lipinski definition) is 0. The van der Waals surface area contributed by atoms with Crippen LogP contribution in [0.5, 0.6) is 0 Å². The third-order valence-corrected chi connectivity index (χ3v) is 6.26. The first-order valence-electron chi connectivity index (χ1n) is 7.18. The zero-order valence-corrected chi connectivity index (χ0v) is 16.9. The number of hydrogen-bond acceptors (Lipinski definition) is 5. The number of pyridine rings is 1. The minimum atomic E-state index is -0.287. The molecule has 25 heavy (non-hydrogen) atoms. The van der Waals surface area contributed by atoms with Crippen LogP contribution in [0, 0.1) is 28.5 Å². The Morgan fingerprint density at radius 2 is 1.96 bits per heavy atom. The first kappa shape index (κ1) is 17.7. The molecule has 0 spiro atoms. The van der Waals surface area contributed by atoms with Gasteiger partial charge in [0.2, 0.25) is 0 Å². The van der Waals surface area contributed by atoms with Crippen LogP contribution in [-0.4, -0.2) is 21.8 Å². The fourth-order valence-electron chi connectivity index (χ4n) is 2.35. The molecule has 2 aromatic heterocycles. The third-order valence-electron chi connectivity index (χ3n) is 3.45. The Balaban J connectivity index is 2.06. The normalized spacial score (nSPS) is 10.2. The van der Waals surface area contributed by atoms with Crippen molar-refractivity contribution in [2.45, 2.75) is 10.8 Å². The first-order chi connectivity index (χ1) is 12.1. The van der Waals surface area contributed by atoms with Gasteiger partial charge in [0.1, 0.15) is 0 Å². The van der Waals surface area contributed by atoms with Gasteiger partial charge in [0, 0.05) is 0 Å². The van der Waals surface area contributed by atoms with E-state index in [-0.39, 0.29) is 5.82 Å². The molecule has 0 saturated heterocycles. The van der Waals surface area contributed by atoms with Crippen molar-refractivity contribution in [2.24, 2.45) is 0 Å². The van der Waals surface area contributed by atoms with Gasteiger partial charge >= 0.3 is 162 Å². The first-order valence-corrected chi connectivity index (χ1v) is 10.3. The number of benzene rings is 1. The monoisotopic (exact) mass is 427 g/mol. The van der Waals surface area contributed by atoms with E-state index in [4.69, 9.17) is 0 Å². The number of rotatable bonds is 4. The molecular formula is C18H11AsFN3S2. The predicted molar refractivity (Wildman–Crippen MR) is 101 cm³/mol. The van der Waals surface area contributed by atoms with Crippen LogP contribution in [0.3, 0.4) is 0 Å². The summed E-state index contributed by atoms with van der Waals surface area (Å²) in [4.78, 5) is 5.36. The van der Waals surface area contributed by atoms with E-state index < -0.39 is 0 Å². The Hall–Kier alpha value is -2.11. The topological polar surface area (TPSA) is 60.5 Å². The molecule has 3 rings (SSSR count). The Bertz CT molecular complexity index is 1000. The Morgan fingerprint density at radius 3 is 2.60 bits per heavy atom. The average molecular weight is 427 g/mol. The second-order valence-electron chi connectivity index (χ2n) is 5.05. The minimum absolute atomic E-state index is 0.287. The number of nitriles is 2. The standard InChI is InChI=1S/C18H11AsFN3S2/c19-17-13(8-21)16(15-5-2-6-24-15)14(9-22)18(23-17)25-10-11-3-1-4-12(20)7-11/h1-7H,10,19H2. The van der Waals surface area contributed by atoms with Crippen LogP contribution >= 0.6 is 23.1 Å². The zero-order chi connectivity index (χ0) is 17.8. The van der Waals surface area contributed by atoms with E-state index in [2.05, 4.69) is 17.1 Å². The molecule has 0 bridgehead atoms. The Labute approximate surface area is 161 Å². The van der Waals surface area contributed by atoms with Crippen molar-refractivity contribution in [3.05, 3.63) is 64.3 Å². The summed E-state index contributed by atoms with van der Waals surface area (Å²) in [5, 5.41) is 21.7. The van der Waals surface area contributed by atoms with Crippen LogP contribution in [-0.2, 0) is 5.75 Å². The molecule has 2 heterocycles. The molecular weight excluding hydrogens is 416 g/mol. The predicted octanol–water partition coefficient (Wildman–Crippen LogP) is 3.24. The molecule has 0 N–H and O–H groups in total. The molecule has 0 amide bonds. The Morgan fingerprint density at radius 1 is 1.16 bits per heavy atom. The number of halogens is 1. The number of thioether (sulfide) groups is 1. The van der Waals surface area contributed by atoms with Gasteiger partial charge in [0.05, 0.1) is 0 Å². The van der Waals surface area contributed by atoms with Gasteiger partial charge in [-0.2, -0.15) is 0 Å². The molecule has 3 aromatic rings. The van der Waals surface area contributed by atoms with Crippen molar-refractivity contribution in [3.8, 4) is 22.6 Å². The van der Waals surface area contributed by atoms with E-state index in [0.717, 1.165) is 10.4 Å². The van der Waals surface area contributed by atoms with Gasteiger partial charge < -0.3 is 0 Å². The Kier molecular flexibility index (Phi) is 5.56.